The molecule has 0 fully saturated rings. The van der Waals surface area contributed by atoms with Gasteiger partial charge in [0.15, 0.2) is 11.4 Å². The third-order valence-corrected chi connectivity index (χ3v) is 6.26. The van der Waals surface area contributed by atoms with Crippen molar-refractivity contribution in [1.82, 2.24) is 0 Å². The predicted molar refractivity (Wildman–Crippen MR) is 129 cm³/mol. The van der Waals surface area contributed by atoms with Gasteiger partial charge in [0.1, 0.15) is 5.82 Å². The Morgan fingerprint density at radius 2 is 1.41 bits per heavy atom. The second kappa shape index (κ2) is 8.69. The van der Waals surface area contributed by atoms with Crippen LogP contribution in [-0.2, 0) is 16.9 Å². The number of Topliss-reactive ketones (excluding diaryl/α,β-unsaturated/α-hetero) is 1. The van der Waals surface area contributed by atoms with Gasteiger partial charge in [-0.2, -0.15) is 0 Å². The molecular weight excluding hydrogens is 429 g/mol. The topological polar surface area (TPSA) is 57.6 Å². The third-order valence-electron chi connectivity index (χ3n) is 6.26. The summed E-state index contributed by atoms with van der Waals surface area (Å²) in [5.74, 6) is -1.41. The van der Waals surface area contributed by atoms with Crippen LogP contribution in [0, 0.1) is 5.82 Å². The second-order valence-corrected chi connectivity index (χ2v) is 8.40. The van der Waals surface area contributed by atoms with Gasteiger partial charge in [0.2, 0.25) is 0 Å². The van der Waals surface area contributed by atoms with Crippen molar-refractivity contribution < 1.29 is 19.1 Å². The van der Waals surface area contributed by atoms with Gasteiger partial charge in [-0.3, -0.25) is 9.59 Å². The van der Waals surface area contributed by atoms with E-state index in [0.29, 0.717) is 22.4 Å². The number of rotatable bonds is 6. The van der Waals surface area contributed by atoms with Crippen LogP contribution < -0.4 is 4.90 Å². The summed E-state index contributed by atoms with van der Waals surface area (Å²) in [4.78, 5) is 27.9. The van der Waals surface area contributed by atoms with E-state index in [-0.39, 0.29) is 12.3 Å². The maximum absolute atomic E-state index is 14.3. The average molecular weight is 451 g/mol. The SMILES string of the molecule is O=C(CC1(O)C(=O)N(Cc2ccccc2F)c2ccccc21)c1ccc(-c2ccccc2)cc1. The van der Waals surface area contributed by atoms with Crippen LogP contribution in [0.4, 0.5) is 10.1 Å². The zero-order valence-corrected chi connectivity index (χ0v) is 18.3. The normalized spacial score (nSPS) is 17.0. The van der Waals surface area contributed by atoms with Crippen LogP contribution >= 0.6 is 0 Å². The van der Waals surface area contributed by atoms with Crippen LogP contribution in [0.5, 0.6) is 0 Å². The molecule has 168 valence electrons. The predicted octanol–water partition coefficient (Wildman–Crippen LogP) is 5.50. The average Bonchev–Trinajstić information content (AvgIpc) is 3.08. The van der Waals surface area contributed by atoms with Crippen molar-refractivity contribution in [3.63, 3.8) is 0 Å². The lowest BCUT2D eigenvalue weighted by atomic mass is 9.88. The first-order chi connectivity index (χ1) is 16.5. The van der Waals surface area contributed by atoms with Crippen molar-refractivity contribution in [3.8, 4) is 11.1 Å². The Morgan fingerprint density at radius 3 is 2.15 bits per heavy atom. The molecule has 5 heteroatoms. The van der Waals surface area contributed by atoms with Gasteiger partial charge in [-0.15, -0.1) is 0 Å². The van der Waals surface area contributed by atoms with Crippen molar-refractivity contribution in [2.45, 2.75) is 18.6 Å². The van der Waals surface area contributed by atoms with Crippen LogP contribution in [0.15, 0.2) is 103 Å². The Balaban J connectivity index is 1.42. The number of carbonyl (C=O) groups is 2. The Bertz CT molecular complexity index is 1370. The number of carbonyl (C=O) groups excluding carboxylic acids is 2. The maximum Gasteiger partial charge on any atom is 0.264 e. The fourth-order valence-electron chi connectivity index (χ4n) is 4.44. The number of aliphatic hydroxyl groups is 1. The monoisotopic (exact) mass is 451 g/mol. The van der Waals surface area contributed by atoms with Gasteiger partial charge in [0.05, 0.1) is 18.7 Å². The highest BCUT2D eigenvalue weighted by Gasteiger charge is 2.50. The summed E-state index contributed by atoms with van der Waals surface area (Å²) in [5.41, 5.74) is 1.55. The maximum atomic E-state index is 14.3. The Hall–Kier alpha value is -4.09. The molecule has 0 radical (unpaired) electrons. The molecule has 0 saturated carbocycles. The minimum Gasteiger partial charge on any atom is -0.375 e. The molecule has 1 aliphatic heterocycles. The number of hydrogen-bond donors (Lipinski definition) is 1. The van der Waals surface area contributed by atoms with Gasteiger partial charge in [0.25, 0.3) is 5.91 Å². The van der Waals surface area contributed by atoms with E-state index >= 15 is 0 Å². The van der Waals surface area contributed by atoms with E-state index in [9.17, 15) is 19.1 Å². The minimum atomic E-state index is -2.02. The molecule has 0 bridgehead atoms. The highest BCUT2D eigenvalue weighted by atomic mass is 19.1. The van der Waals surface area contributed by atoms with Crippen LogP contribution in [0.25, 0.3) is 11.1 Å². The van der Waals surface area contributed by atoms with Crippen LogP contribution in [-0.4, -0.2) is 16.8 Å². The first kappa shape index (κ1) is 21.7. The first-order valence-corrected chi connectivity index (χ1v) is 11.0. The lowest BCUT2D eigenvalue weighted by molar-refractivity contribution is -0.136. The van der Waals surface area contributed by atoms with Crippen molar-refractivity contribution in [2.24, 2.45) is 0 Å². The van der Waals surface area contributed by atoms with E-state index < -0.39 is 23.7 Å². The molecule has 1 atom stereocenters. The summed E-state index contributed by atoms with van der Waals surface area (Å²) in [7, 11) is 0. The first-order valence-electron chi connectivity index (χ1n) is 11.0. The number of halogens is 1. The fourth-order valence-corrected chi connectivity index (χ4v) is 4.44. The molecule has 1 aliphatic rings. The van der Waals surface area contributed by atoms with Gasteiger partial charge in [0, 0.05) is 16.7 Å². The smallest absolute Gasteiger partial charge is 0.264 e. The minimum absolute atomic E-state index is 0.0369. The number of amides is 1. The molecule has 1 unspecified atom stereocenters. The number of benzene rings is 4. The molecule has 0 saturated heterocycles. The van der Waals surface area contributed by atoms with E-state index in [1.807, 2.05) is 42.5 Å². The zero-order chi connectivity index (χ0) is 23.7. The van der Waals surface area contributed by atoms with Crippen molar-refractivity contribution in [1.29, 1.82) is 0 Å². The van der Waals surface area contributed by atoms with Crippen LogP contribution in [0.1, 0.15) is 27.9 Å². The van der Waals surface area contributed by atoms with E-state index in [0.717, 1.165) is 11.1 Å². The Morgan fingerprint density at radius 1 is 0.794 bits per heavy atom. The van der Waals surface area contributed by atoms with E-state index in [1.165, 1.54) is 11.0 Å². The van der Waals surface area contributed by atoms with Crippen molar-refractivity contribution >= 4 is 17.4 Å². The largest absolute Gasteiger partial charge is 0.375 e. The molecule has 34 heavy (non-hydrogen) atoms. The summed E-state index contributed by atoms with van der Waals surface area (Å²) in [5, 5.41) is 11.5. The molecule has 4 nitrogen and oxygen atoms in total. The van der Waals surface area contributed by atoms with Gasteiger partial charge in [-0.25, -0.2) is 4.39 Å². The highest BCUT2D eigenvalue weighted by molar-refractivity contribution is 6.10. The quantitative estimate of drug-likeness (QED) is 0.394. The van der Waals surface area contributed by atoms with Gasteiger partial charge >= 0.3 is 0 Å². The third kappa shape index (κ3) is 3.80. The van der Waals surface area contributed by atoms with Crippen molar-refractivity contribution in [3.05, 3.63) is 126 Å². The number of ketones is 1. The molecule has 1 heterocycles. The molecule has 4 aromatic carbocycles. The number of fused-ring (bicyclic) bond motifs is 1. The number of hydrogen-bond acceptors (Lipinski definition) is 3. The zero-order valence-electron chi connectivity index (χ0n) is 18.3. The summed E-state index contributed by atoms with van der Waals surface area (Å²) >= 11 is 0. The van der Waals surface area contributed by atoms with Gasteiger partial charge < -0.3 is 10.0 Å². The van der Waals surface area contributed by atoms with E-state index in [4.69, 9.17) is 0 Å². The molecule has 4 aromatic rings. The molecule has 0 aromatic heterocycles. The molecule has 5 rings (SSSR count). The van der Waals surface area contributed by atoms with E-state index in [1.54, 1.807) is 54.6 Å². The number of para-hydroxylation sites is 1. The van der Waals surface area contributed by atoms with Crippen molar-refractivity contribution in [2.75, 3.05) is 4.90 Å². The van der Waals surface area contributed by atoms with Crippen LogP contribution in [0.3, 0.4) is 0 Å². The summed E-state index contributed by atoms with van der Waals surface area (Å²) < 4.78 is 14.3. The molecular formula is C29H22FNO3. The standard InChI is InChI=1S/C29H22FNO3/c30-25-12-6-4-10-23(25)19-31-26-13-7-5-11-24(26)29(34,28(31)33)18-27(32)22-16-14-21(15-17-22)20-8-2-1-3-9-20/h1-17,34H,18-19H2. The number of nitrogens with zero attached hydrogens (tertiary/aromatic N) is 1. The molecule has 0 aliphatic carbocycles. The van der Waals surface area contributed by atoms with Crippen LogP contribution in [0.2, 0.25) is 0 Å². The van der Waals surface area contributed by atoms with E-state index in [2.05, 4.69) is 0 Å². The lowest BCUT2D eigenvalue weighted by Crippen LogP contribution is -2.41. The Labute approximate surface area is 196 Å². The molecule has 1 N–H and O–H groups in total. The molecule has 1 amide bonds. The van der Waals surface area contributed by atoms with Gasteiger partial charge in [-0.1, -0.05) is 91.0 Å². The summed E-state index contributed by atoms with van der Waals surface area (Å²) in [6.45, 7) is -0.0369. The van der Waals surface area contributed by atoms with Gasteiger partial charge in [-0.05, 0) is 23.3 Å². The summed E-state index contributed by atoms with van der Waals surface area (Å²) in [6, 6.07) is 29.9. The molecule has 0 spiro atoms. The second-order valence-electron chi connectivity index (χ2n) is 8.40. The summed E-state index contributed by atoms with van der Waals surface area (Å²) in [6.07, 6.45) is -0.401. The fraction of sp³-hybridized carbons (Fsp3) is 0.103. The lowest BCUT2D eigenvalue weighted by Gasteiger charge is -2.23. The Kier molecular flexibility index (Phi) is 5.56. The highest BCUT2D eigenvalue weighted by Crippen LogP contribution is 2.43. The number of anilines is 1.